The van der Waals surface area contributed by atoms with Gasteiger partial charge in [-0.3, -0.25) is 4.79 Å². The Morgan fingerprint density at radius 3 is 2.82 bits per heavy atom. The molecule has 0 aliphatic carbocycles. The van der Waals surface area contributed by atoms with Crippen molar-refractivity contribution < 1.29 is 9.53 Å². The lowest BCUT2D eigenvalue weighted by molar-refractivity contribution is -0.116. The zero-order valence-electron chi connectivity index (χ0n) is 10.0. The highest BCUT2D eigenvalue weighted by Gasteiger charge is 2.09. The molecule has 0 unspecified atom stereocenters. The Hall–Kier alpha value is -1.89. The van der Waals surface area contributed by atoms with Gasteiger partial charge in [0.05, 0.1) is 6.54 Å². The number of nitrogens with two attached hydrogens (primary N) is 2. The van der Waals surface area contributed by atoms with Crippen LogP contribution in [0, 0.1) is 0 Å². The van der Waals surface area contributed by atoms with Crippen molar-refractivity contribution in [1.29, 1.82) is 0 Å². The van der Waals surface area contributed by atoms with E-state index in [0.29, 0.717) is 30.7 Å². The monoisotopic (exact) mass is 239 g/mol. The highest BCUT2D eigenvalue weighted by atomic mass is 16.5. The minimum absolute atomic E-state index is 0.0739. The Kier molecular flexibility index (Phi) is 4.65. The summed E-state index contributed by atoms with van der Waals surface area (Å²) in [6.07, 6.45) is 0. The highest BCUT2D eigenvalue weighted by molar-refractivity contribution is 5.79. The van der Waals surface area contributed by atoms with Gasteiger partial charge < -0.3 is 21.1 Å². The first-order valence-corrected chi connectivity index (χ1v) is 5.23. The van der Waals surface area contributed by atoms with Crippen LogP contribution < -0.4 is 16.4 Å². The van der Waals surface area contributed by atoms with Gasteiger partial charge in [0.25, 0.3) is 0 Å². The molecule has 7 heteroatoms. The van der Waals surface area contributed by atoms with Crippen LogP contribution in [0.15, 0.2) is 6.07 Å². The third-order valence-electron chi connectivity index (χ3n) is 2.00. The van der Waals surface area contributed by atoms with Crippen molar-refractivity contribution in [2.45, 2.75) is 13.5 Å². The van der Waals surface area contributed by atoms with Crippen molar-refractivity contribution in [2.75, 3.05) is 30.8 Å². The molecule has 17 heavy (non-hydrogen) atoms. The van der Waals surface area contributed by atoms with Gasteiger partial charge in [-0.25, -0.2) is 9.97 Å². The number of carbonyl (C=O) groups excluding carboxylic acids is 1. The first-order valence-electron chi connectivity index (χ1n) is 5.23. The smallest absolute Gasteiger partial charge is 0.236 e. The fourth-order valence-electron chi connectivity index (χ4n) is 1.27. The van der Waals surface area contributed by atoms with Crippen LogP contribution in [-0.4, -0.2) is 36.1 Å². The van der Waals surface area contributed by atoms with Gasteiger partial charge in [0.1, 0.15) is 18.2 Å². The van der Waals surface area contributed by atoms with Crippen molar-refractivity contribution in [3.63, 3.8) is 0 Å². The van der Waals surface area contributed by atoms with E-state index in [2.05, 4.69) is 9.97 Å². The van der Waals surface area contributed by atoms with Gasteiger partial charge in [0.2, 0.25) is 5.91 Å². The largest absolute Gasteiger partial charge is 0.384 e. The number of amides is 1. The number of hydrogen-bond acceptors (Lipinski definition) is 6. The average Bonchev–Trinajstić information content (AvgIpc) is 2.24. The number of nitrogens with zero attached hydrogens (tertiary/aromatic N) is 3. The van der Waals surface area contributed by atoms with E-state index in [1.807, 2.05) is 6.92 Å². The number of likely N-dealkylation sites (N-methyl/N-ethyl adjacent to an activating group) is 1. The van der Waals surface area contributed by atoms with E-state index in [4.69, 9.17) is 16.2 Å². The quantitative estimate of drug-likeness (QED) is 0.694. The summed E-state index contributed by atoms with van der Waals surface area (Å²) >= 11 is 0. The summed E-state index contributed by atoms with van der Waals surface area (Å²) in [4.78, 5) is 20.7. The summed E-state index contributed by atoms with van der Waals surface area (Å²) in [6, 6.07) is 1.58. The van der Waals surface area contributed by atoms with Gasteiger partial charge in [-0.05, 0) is 6.92 Å². The van der Waals surface area contributed by atoms with Gasteiger partial charge in [-0.1, -0.05) is 0 Å². The second-order valence-electron chi connectivity index (χ2n) is 3.53. The molecule has 0 bridgehead atoms. The molecule has 0 saturated heterocycles. The summed E-state index contributed by atoms with van der Waals surface area (Å²) in [5, 5.41) is 0. The maximum atomic E-state index is 10.8. The normalized spacial score (nSPS) is 10.2. The van der Waals surface area contributed by atoms with Crippen LogP contribution in [0.1, 0.15) is 12.7 Å². The molecule has 0 aliphatic heterocycles. The molecule has 1 heterocycles. The van der Waals surface area contributed by atoms with Crippen LogP contribution in [0.2, 0.25) is 0 Å². The fourth-order valence-corrected chi connectivity index (χ4v) is 1.27. The second kappa shape index (κ2) is 6.00. The number of primary amides is 1. The lowest BCUT2D eigenvalue weighted by atomic mass is 10.4. The Balaban J connectivity index is 2.84. The van der Waals surface area contributed by atoms with Gasteiger partial charge >= 0.3 is 0 Å². The van der Waals surface area contributed by atoms with E-state index >= 15 is 0 Å². The summed E-state index contributed by atoms with van der Waals surface area (Å²) in [6.45, 7) is 2.82. The van der Waals surface area contributed by atoms with Crippen LogP contribution in [0.4, 0.5) is 11.6 Å². The summed E-state index contributed by atoms with van der Waals surface area (Å²) in [5.74, 6) is 0.932. The van der Waals surface area contributed by atoms with Crippen molar-refractivity contribution >= 4 is 17.5 Å². The molecule has 0 atom stereocenters. The minimum atomic E-state index is -0.434. The van der Waals surface area contributed by atoms with E-state index in [1.54, 1.807) is 18.0 Å². The van der Waals surface area contributed by atoms with Crippen LogP contribution in [-0.2, 0) is 16.1 Å². The van der Waals surface area contributed by atoms with Gasteiger partial charge in [0.15, 0.2) is 5.82 Å². The van der Waals surface area contributed by atoms with Gasteiger partial charge in [0, 0.05) is 19.7 Å². The molecule has 0 saturated carbocycles. The number of anilines is 2. The predicted molar refractivity (Wildman–Crippen MR) is 64.2 cm³/mol. The van der Waals surface area contributed by atoms with E-state index < -0.39 is 5.91 Å². The molecular formula is C10H17N5O2. The topological polar surface area (TPSA) is 107 Å². The maximum absolute atomic E-state index is 10.8. The molecule has 1 amide bonds. The number of carbonyl (C=O) groups is 1. The fraction of sp³-hybridized carbons (Fsp3) is 0.500. The minimum Gasteiger partial charge on any atom is -0.384 e. The Bertz CT molecular complexity index is 396. The molecular weight excluding hydrogens is 222 g/mol. The van der Waals surface area contributed by atoms with Crippen molar-refractivity contribution in [3.8, 4) is 0 Å². The van der Waals surface area contributed by atoms with Crippen molar-refractivity contribution in [1.82, 2.24) is 9.97 Å². The number of rotatable bonds is 6. The number of hydrogen-bond donors (Lipinski definition) is 2. The predicted octanol–water partition coefficient (Wildman–Crippen LogP) is -0.483. The lowest BCUT2D eigenvalue weighted by Gasteiger charge is -2.17. The molecule has 0 radical (unpaired) electrons. The lowest BCUT2D eigenvalue weighted by Crippen LogP contribution is -2.31. The Morgan fingerprint density at radius 2 is 2.24 bits per heavy atom. The molecule has 4 N–H and O–H groups in total. The van der Waals surface area contributed by atoms with E-state index in [9.17, 15) is 4.79 Å². The molecule has 0 spiro atoms. The molecule has 0 aliphatic rings. The zero-order valence-corrected chi connectivity index (χ0v) is 10.0. The van der Waals surface area contributed by atoms with Crippen molar-refractivity contribution in [2.24, 2.45) is 5.73 Å². The number of aromatic nitrogens is 2. The third-order valence-corrected chi connectivity index (χ3v) is 2.00. The highest BCUT2D eigenvalue weighted by Crippen LogP contribution is 2.12. The van der Waals surface area contributed by atoms with Crippen LogP contribution in [0.3, 0.4) is 0 Å². The molecule has 94 valence electrons. The molecule has 1 rings (SSSR count). The second-order valence-corrected chi connectivity index (χ2v) is 3.53. The number of ether oxygens (including phenoxy) is 1. The Labute approximate surface area is 99.8 Å². The molecule has 0 aromatic carbocycles. The zero-order chi connectivity index (χ0) is 12.8. The first kappa shape index (κ1) is 13.2. The van der Waals surface area contributed by atoms with Gasteiger partial charge in [-0.15, -0.1) is 0 Å². The van der Waals surface area contributed by atoms with Crippen LogP contribution in [0.5, 0.6) is 0 Å². The molecule has 1 aromatic rings. The van der Waals surface area contributed by atoms with Crippen LogP contribution in [0.25, 0.3) is 0 Å². The summed E-state index contributed by atoms with van der Waals surface area (Å²) < 4.78 is 5.20. The SMILES string of the molecule is CCOCc1nc(N)cc(N(C)CC(N)=O)n1. The van der Waals surface area contributed by atoms with E-state index in [-0.39, 0.29) is 6.54 Å². The van der Waals surface area contributed by atoms with Gasteiger partial charge in [-0.2, -0.15) is 0 Å². The van der Waals surface area contributed by atoms with E-state index in [0.717, 1.165) is 0 Å². The third kappa shape index (κ3) is 4.23. The summed E-state index contributed by atoms with van der Waals surface area (Å²) in [7, 11) is 1.71. The standard InChI is InChI=1S/C10H17N5O2/c1-3-17-6-9-13-7(11)4-10(14-9)15(2)5-8(12)16/h4H,3,5-6H2,1-2H3,(H2,12,16)(H2,11,13,14). The molecule has 0 fully saturated rings. The maximum Gasteiger partial charge on any atom is 0.236 e. The molecule has 7 nitrogen and oxygen atoms in total. The Morgan fingerprint density at radius 1 is 1.53 bits per heavy atom. The average molecular weight is 239 g/mol. The molecule has 1 aromatic heterocycles. The first-order chi connectivity index (χ1) is 8.02. The van der Waals surface area contributed by atoms with E-state index in [1.165, 1.54) is 0 Å². The number of nitrogen functional groups attached to an aromatic ring is 1. The summed E-state index contributed by atoms with van der Waals surface area (Å²) in [5.41, 5.74) is 10.8. The van der Waals surface area contributed by atoms with Crippen molar-refractivity contribution in [3.05, 3.63) is 11.9 Å². The van der Waals surface area contributed by atoms with Crippen LogP contribution >= 0.6 is 0 Å².